The predicted molar refractivity (Wildman–Crippen MR) is 93.2 cm³/mol. The Morgan fingerprint density at radius 1 is 1.22 bits per heavy atom. The largest absolute Gasteiger partial charge is 0.495 e. The van der Waals surface area contributed by atoms with Gasteiger partial charge in [-0.25, -0.2) is 4.98 Å². The number of aromatic nitrogens is 1. The Kier molecular flexibility index (Phi) is 6.41. The monoisotopic (exact) mass is 313 g/mol. The molecule has 1 heterocycles. The van der Waals surface area contributed by atoms with Gasteiger partial charge in [0.2, 0.25) is 0 Å². The zero-order chi connectivity index (χ0) is 16.5. The summed E-state index contributed by atoms with van der Waals surface area (Å²) in [5.74, 6) is 1.16. The molecule has 0 radical (unpaired) electrons. The standard InChI is InChI=1S/C18H23N3O2/c1-3-4-7-11-19-17-13-14(10-12-20-17)18(22)21-15-8-5-6-9-16(15)23-2/h5-6,8-10,12-13H,3-4,7,11H2,1-2H3,(H,19,20)(H,21,22). The van der Waals surface area contributed by atoms with E-state index in [4.69, 9.17) is 4.74 Å². The van der Waals surface area contributed by atoms with E-state index < -0.39 is 0 Å². The maximum absolute atomic E-state index is 12.4. The molecule has 2 rings (SSSR count). The van der Waals surface area contributed by atoms with Crippen LogP contribution in [0.5, 0.6) is 5.75 Å². The molecule has 5 heteroatoms. The molecule has 2 aromatic rings. The normalized spacial score (nSPS) is 10.2. The zero-order valence-electron chi connectivity index (χ0n) is 13.6. The fraction of sp³-hybridized carbons (Fsp3) is 0.333. The Bertz CT molecular complexity index is 644. The van der Waals surface area contributed by atoms with Crippen molar-refractivity contribution in [3.8, 4) is 5.75 Å². The lowest BCUT2D eigenvalue weighted by Gasteiger charge is -2.10. The number of carbonyl (C=O) groups excluding carboxylic acids is 1. The van der Waals surface area contributed by atoms with Gasteiger partial charge in [-0.3, -0.25) is 4.79 Å². The Morgan fingerprint density at radius 3 is 2.83 bits per heavy atom. The Balaban J connectivity index is 2.02. The van der Waals surface area contributed by atoms with E-state index in [-0.39, 0.29) is 5.91 Å². The molecule has 0 saturated heterocycles. The summed E-state index contributed by atoms with van der Waals surface area (Å²) in [6.45, 7) is 3.03. The van der Waals surface area contributed by atoms with Crippen molar-refractivity contribution in [1.29, 1.82) is 0 Å². The fourth-order valence-corrected chi connectivity index (χ4v) is 2.20. The molecule has 0 unspecified atom stereocenters. The van der Waals surface area contributed by atoms with Crippen LogP contribution < -0.4 is 15.4 Å². The highest BCUT2D eigenvalue weighted by Gasteiger charge is 2.10. The van der Waals surface area contributed by atoms with Crippen LogP contribution in [0.2, 0.25) is 0 Å². The van der Waals surface area contributed by atoms with E-state index in [0.29, 0.717) is 22.8 Å². The molecule has 122 valence electrons. The molecule has 0 saturated carbocycles. The number of nitrogens with zero attached hydrogens (tertiary/aromatic N) is 1. The number of unbranched alkanes of at least 4 members (excludes halogenated alkanes) is 2. The number of methoxy groups -OCH3 is 1. The molecule has 1 aromatic carbocycles. The van der Waals surface area contributed by atoms with E-state index in [2.05, 4.69) is 22.5 Å². The molecule has 0 aliphatic rings. The first-order chi connectivity index (χ1) is 11.2. The molecular formula is C18H23N3O2. The molecule has 0 atom stereocenters. The second-order valence-corrected chi connectivity index (χ2v) is 5.22. The van der Waals surface area contributed by atoms with Gasteiger partial charge in [0.25, 0.3) is 5.91 Å². The van der Waals surface area contributed by atoms with Crippen LogP contribution in [0, 0.1) is 0 Å². The summed E-state index contributed by atoms with van der Waals surface area (Å²) in [6.07, 6.45) is 5.09. The molecule has 0 spiro atoms. The molecule has 0 bridgehead atoms. The van der Waals surface area contributed by atoms with Gasteiger partial charge < -0.3 is 15.4 Å². The van der Waals surface area contributed by atoms with Gasteiger partial charge in [-0.1, -0.05) is 31.9 Å². The van der Waals surface area contributed by atoms with Crippen LogP contribution in [-0.2, 0) is 0 Å². The van der Waals surface area contributed by atoms with Gasteiger partial charge in [-0.05, 0) is 30.7 Å². The van der Waals surface area contributed by atoms with Gasteiger partial charge in [-0.15, -0.1) is 0 Å². The maximum Gasteiger partial charge on any atom is 0.255 e. The summed E-state index contributed by atoms with van der Waals surface area (Å²) in [7, 11) is 1.58. The van der Waals surface area contributed by atoms with Gasteiger partial charge in [0, 0.05) is 18.3 Å². The van der Waals surface area contributed by atoms with Gasteiger partial charge in [-0.2, -0.15) is 0 Å². The van der Waals surface area contributed by atoms with Crippen molar-refractivity contribution in [2.45, 2.75) is 26.2 Å². The minimum Gasteiger partial charge on any atom is -0.495 e. The van der Waals surface area contributed by atoms with E-state index >= 15 is 0 Å². The number of anilines is 2. The smallest absolute Gasteiger partial charge is 0.255 e. The van der Waals surface area contributed by atoms with E-state index in [1.165, 1.54) is 12.8 Å². The molecule has 5 nitrogen and oxygen atoms in total. The van der Waals surface area contributed by atoms with Crippen molar-refractivity contribution in [3.63, 3.8) is 0 Å². The summed E-state index contributed by atoms with van der Waals surface area (Å²) in [5.41, 5.74) is 1.21. The van der Waals surface area contributed by atoms with Crippen LogP contribution in [0.1, 0.15) is 36.5 Å². The van der Waals surface area contributed by atoms with Gasteiger partial charge in [0.05, 0.1) is 12.8 Å². The van der Waals surface area contributed by atoms with Crippen LogP contribution in [-0.4, -0.2) is 24.5 Å². The second-order valence-electron chi connectivity index (χ2n) is 5.22. The predicted octanol–water partition coefficient (Wildman–Crippen LogP) is 3.94. The Morgan fingerprint density at radius 2 is 2.04 bits per heavy atom. The van der Waals surface area contributed by atoms with Crippen LogP contribution in [0.4, 0.5) is 11.5 Å². The second kappa shape index (κ2) is 8.78. The first-order valence-electron chi connectivity index (χ1n) is 7.89. The number of amides is 1. The topological polar surface area (TPSA) is 63.2 Å². The quantitative estimate of drug-likeness (QED) is 0.724. The van der Waals surface area contributed by atoms with Crippen molar-refractivity contribution < 1.29 is 9.53 Å². The van der Waals surface area contributed by atoms with E-state index in [1.54, 1.807) is 25.4 Å². The van der Waals surface area contributed by atoms with Gasteiger partial charge in [0.1, 0.15) is 11.6 Å². The highest BCUT2D eigenvalue weighted by atomic mass is 16.5. The lowest BCUT2D eigenvalue weighted by atomic mass is 10.2. The molecule has 0 aliphatic heterocycles. The summed E-state index contributed by atoms with van der Waals surface area (Å²) in [4.78, 5) is 16.6. The molecule has 2 N–H and O–H groups in total. The average molecular weight is 313 g/mol. The van der Waals surface area contributed by atoms with Crippen LogP contribution in [0.3, 0.4) is 0 Å². The number of benzene rings is 1. The van der Waals surface area contributed by atoms with Gasteiger partial charge >= 0.3 is 0 Å². The fourth-order valence-electron chi connectivity index (χ4n) is 2.20. The first-order valence-corrected chi connectivity index (χ1v) is 7.89. The number of para-hydroxylation sites is 2. The minimum atomic E-state index is -0.187. The number of carbonyl (C=O) groups is 1. The molecular weight excluding hydrogens is 290 g/mol. The Hall–Kier alpha value is -2.56. The third-order valence-corrected chi connectivity index (χ3v) is 3.46. The lowest BCUT2D eigenvalue weighted by Crippen LogP contribution is -2.13. The summed E-state index contributed by atoms with van der Waals surface area (Å²) >= 11 is 0. The average Bonchev–Trinajstić information content (AvgIpc) is 2.59. The van der Waals surface area contributed by atoms with Gasteiger partial charge in [0.15, 0.2) is 0 Å². The number of ether oxygens (including phenoxy) is 1. The molecule has 1 aromatic heterocycles. The zero-order valence-corrected chi connectivity index (χ0v) is 13.6. The summed E-state index contributed by atoms with van der Waals surface area (Å²) in [6, 6.07) is 10.8. The number of rotatable bonds is 8. The van der Waals surface area contributed by atoms with E-state index in [0.717, 1.165) is 13.0 Å². The molecule has 0 aliphatic carbocycles. The van der Waals surface area contributed by atoms with Crippen molar-refractivity contribution in [1.82, 2.24) is 4.98 Å². The maximum atomic E-state index is 12.4. The van der Waals surface area contributed by atoms with Crippen molar-refractivity contribution >= 4 is 17.4 Å². The minimum absolute atomic E-state index is 0.187. The SMILES string of the molecule is CCCCCNc1cc(C(=O)Nc2ccccc2OC)ccn1. The summed E-state index contributed by atoms with van der Waals surface area (Å²) < 4.78 is 5.24. The van der Waals surface area contributed by atoms with Crippen LogP contribution >= 0.6 is 0 Å². The summed E-state index contributed by atoms with van der Waals surface area (Å²) in [5, 5.41) is 6.11. The number of pyridine rings is 1. The van der Waals surface area contributed by atoms with Crippen molar-refractivity contribution in [2.75, 3.05) is 24.3 Å². The van der Waals surface area contributed by atoms with Crippen molar-refractivity contribution in [2.24, 2.45) is 0 Å². The van der Waals surface area contributed by atoms with Crippen molar-refractivity contribution in [3.05, 3.63) is 48.2 Å². The van der Waals surface area contributed by atoms with Crippen LogP contribution in [0.15, 0.2) is 42.6 Å². The highest BCUT2D eigenvalue weighted by molar-refractivity contribution is 6.05. The number of nitrogens with one attached hydrogen (secondary N) is 2. The van der Waals surface area contributed by atoms with Crippen LogP contribution in [0.25, 0.3) is 0 Å². The number of hydrogen-bond donors (Lipinski definition) is 2. The highest BCUT2D eigenvalue weighted by Crippen LogP contribution is 2.23. The lowest BCUT2D eigenvalue weighted by molar-refractivity contribution is 0.102. The van der Waals surface area contributed by atoms with E-state index in [1.807, 2.05) is 24.3 Å². The molecule has 23 heavy (non-hydrogen) atoms. The third-order valence-electron chi connectivity index (χ3n) is 3.46. The Labute approximate surface area is 137 Å². The molecule has 1 amide bonds. The van der Waals surface area contributed by atoms with E-state index in [9.17, 15) is 4.79 Å². The first kappa shape index (κ1) is 16.8. The molecule has 0 fully saturated rings. The number of hydrogen-bond acceptors (Lipinski definition) is 4. The third kappa shape index (κ3) is 4.98.